The van der Waals surface area contributed by atoms with Crippen LogP contribution in [0.25, 0.3) is 0 Å². The number of non-ortho nitro benzene ring substituents is 1. The maximum absolute atomic E-state index is 11.9. The third-order valence-electron chi connectivity index (χ3n) is 2.90. The molecule has 2 N–H and O–H groups in total. The van der Waals surface area contributed by atoms with Gasteiger partial charge in [0, 0.05) is 23.8 Å². The van der Waals surface area contributed by atoms with E-state index in [1.807, 2.05) is 0 Å². The van der Waals surface area contributed by atoms with Crippen molar-refractivity contribution in [3.63, 3.8) is 0 Å². The van der Waals surface area contributed by atoms with E-state index in [1.54, 1.807) is 0 Å². The molecule has 0 aromatic heterocycles. The first-order chi connectivity index (χ1) is 11.9. The number of nitro groups is 1. The summed E-state index contributed by atoms with van der Waals surface area (Å²) in [6, 6.07) is 9.57. The minimum absolute atomic E-state index is 0.0277. The summed E-state index contributed by atoms with van der Waals surface area (Å²) in [4.78, 5) is 33.6. The Balaban J connectivity index is 1.85. The van der Waals surface area contributed by atoms with Crippen molar-refractivity contribution in [2.24, 2.45) is 0 Å². The van der Waals surface area contributed by atoms with Crippen molar-refractivity contribution in [2.45, 2.75) is 0 Å². The minimum Gasteiger partial charge on any atom is -0.484 e. The predicted octanol–water partition coefficient (Wildman–Crippen LogP) is 2.74. The molecule has 130 valence electrons. The van der Waals surface area contributed by atoms with Crippen molar-refractivity contribution in [1.29, 1.82) is 0 Å². The van der Waals surface area contributed by atoms with Gasteiger partial charge in [-0.1, -0.05) is 29.3 Å². The molecule has 0 heterocycles. The number of nitrogens with one attached hydrogen (secondary N) is 2. The minimum atomic E-state index is -0.702. The van der Waals surface area contributed by atoms with Gasteiger partial charge in [-0.15, -0.1) is 0 Å². The number of benzene rings is 2. The molecule has 8 nitrogen and oxygen atoms in total. The Kier molecular flexibility index (Phi) is 6.15. The molecule has 0 bridgehead atoms. The fourth-order valence-corrected chi connectivity index (χ4v) is 2.00. The fraction of sp³-hybridized carbons (Fsp3) is 0.0667. The molecule has 0 aliphatic heterocycles. The standard InChI is InChI=1S/C15H11Cl2N3O5/c16-12-5-4-11(7-13(12)17)25-8-14(21)18-19-15(22)9-2-1-3-10(6-9)20(23)24/h1-7H,8H2,(H,18,21)(H,19,22). The molecule has 0 radical (unpaired) electrons. The molecule has 0 aliphatic carbocycles. The van der Waals surface area contributed by atoms with E-state index in [4.69, 9.17) is 27.9 Å². The zero-order valence-electron chi connectivity index (χ0n) is 12.5. The molecule has 0 saturated carbocycles. The van der Waals surface area contributed by atoms with E-state index in [0.717, 1.165) is 6.07 Å². The Morgan fingerprint density at radius 1 is 1.08 bits per heavy atom. The monoisotopic (exact) mass is 383 g/mol. The SMILES string of the molecule is O=C(COc1ccc(Cl)c(Cl)c1)NNC(=O)c1cccc([N+](=O)[O-])c1. The lowest BCUT2D eigenvalue weighted by molar-refractivity contribution is -0.384. The van der Waals surface area contributed by atoms with Crippen LogP contribution in [0.1, 0.15) is 10.4 Å². The fourth-order valence-electron chi connectivity index (χ4n) is 1.71. The Morgan fingerprint density at radius 2 is 1.84 bits per heavy atom. The second-order valence-electron chi connectivity index (χ2n) is 4.67. The third kappa shape index (κ3) is 5.33. The molecule has 2 aromatic rings. The molecule has 2 aromatic carbocycles. The number of amides is 2. The van der Waals surface area contributed by atoms with E-state index >= 15 is 0 Å². The van der Waals surface area contributed by atoms with Crippen LogP contribution in [0.4, 0.5) is 5.69 Å². The molecular weight excluding hydrogens is 373 g/mol. The topological polar surface area (TPSA) is 111 Å². The quantitative estimate of drug-likeness (QED) is 0.608. The van der Waals surface area contributed by atoms with Crippen molar-refractivity contribution >= 4 is 40.7 Å². The van der Waals surface area contributed by atoms with Crippen molar-refractivity contribution in [3.05, 3.63) is 68.2 Å². The van der Waals surface area contributed by atoms with Crippen LogP contribution in [-0.4, -0.2) is 23.3 Å². The number of carbonyl (C=O) groups is 2. The summed E-state index contributed by atoms with van der Waals surface area (Å²) >= 11 is 11.6. The average Bonchev–Trinajstić information content (AvgIpc) is 2.60. The smallest absolute Gasteiger partial charge is 0.276 e. The van der Waals surface area contributed by atoms with Gasteiger partial charge in [-0.2, -0.15) is 0 Å². The van der Waals surface area contributed by atoms with Crippen LogP contribution in [-0.2, 0) is 4.79 Å². The highest BCUT2D eigenvalue weighted by atomic mass is 35.5. The highest BCUT2D eigenvalue weighted by Gasteiger charge is 2.12. The van der Waals surface area contributed by atoms with Gasteiger partial charge in [0.05, 0.1) is 15.0 Å². The number of hydrazine groups is 1. The summed E-state index contributed by atoms with van der Waals surface area (Å²) in [6.45, 7) is -0.382. The molecule has 25 heavy (non-hydrogen) atoms. The molecule has 2 rings (SSSR count). The summed E-state index contributed by atoms with van der Waals surface area (Å²) in [5.41, 5.74) is 4.06. The van der Waals surface area contributed by atoms with Crippen LogP contribution < -0.4 is 15.6 Å². The Labute approximate surface area is 151 Å². The van der Waals surface area contributed by atoms with E-state index in [0.29, 0.717) is 10.8 Å². The van der Waals surface area contributed by atoms with Crippen LogP contribution in [0.5, 0.6) is 5.75 Å². The van der Waals surface area contributed by atoms with Gasteiger partial charge in [-0.3, -0.25) is 30.6 Å². The molecule has 2 amide bonds. The van der Waals surface area contributed by atoms with Gasteiger partial charge in [0.15, 0.2) is 6.61 Å². The van der Waals surface area contributed by atoms with Crippen molar-refractivity contribution < 1.29 is 19.2 Å². The number of ether oxygens (including phenoxy) is 1. The van der Waals surface area contributed by atoms with Gasteiger partial charge in [-0.05, 0) is 18.2 Å². The van der Waals surface area contributed by atoms with Crippen LogP contribution in [0.15, 0.2) is 42.5 Å². The molecule has 10 heteroatoms. The first-order valence-electron chi connectivity index (χ1n) is 6.78. The second-order valence-corrected chi connectivity index (χ2v) is 5.49. The van der Waals surface area contributed by atoms with E-state index in [2.05, 4.69) is 10.9 Å². The molecule has 0 saturated heterocycles. The molecule has 0 unspecified atom stereocenters. The van der Waals surface area contributed by atoms with Gasteiger partial charge in [-0.25, -0.2) is 0 Å². The third-order valence-corrected chi connectivity index (χ3v) is 3.63. The Bertz CT molecular complexity index is 829. The van der Waals surface area contributed by atoms with E-state index in [1.165, 1.54) is 36.4 Å². The number of rotatable bonds is 5. The number of halogens is 2. The van der Waals surface area contributed by atoms with Gasteiger partial charge in [0.1, 0.15) is 5.75 Å². The van der Waals surface area contributed by atoms with Crippen LogP contribution in [0.2, 0.25) is 10.0 Å². The maximum Gasteiger partial charge on any atom is 0.276 e. The van der Waals surface area contributed by atoms with E-state index in [9.17, 15) is 19.7 Å². The molecular formula is C15H11Cl2N3O5. The van der Waals surface area contributed by atoms with Crippen molar-refractivity contribution in [1.82, 2.24) is 10.9 Å². The van der Waals surface area contributed by atoms with E-state index in [-0.39, 0.29) is 22.9 Å². The summed E-state index contributed by atoms with van der Waals surface area (Å²) < 4.78 is 5.20. The average molecular weight is 384 g/mol. The largest absolute Gasteiger partial charge is 0.484 e. The van der Waals surface area contributed by atoms with Crippen LogP contribution >= 0.6 is 23.2 Å². The number of nitro benzene ring substituents is 1. The van der Waals surface area contributed by atoms with Crippen LogP contribution in [0, 0.1) is 10.1 Å². The summed E-state index contributed by atoms with van der Waals surface area (Å²) in [5.74, 6) is -1.01. The normalized spacial score (nSPS) is 10.0. The van der Waals surface area contributed by atoms with Gasteiger partial charge < -0.3 is 4.74 Å². The van der Waals surface area contributed by atoms with E-state index < -0.39 is 16.7 Å². The van der Waals surface area contributed by atoms with Crippen molar-refractivity contribution in [3.8, 4) is 5.75 Å². The molecule has 0 fully saturated rings. The zero-order valence-corrected chi connectivity index (χ0v) is 14.0. The summed E-state index contributed by atoms with van der Waals surface area (Å²) in [6.07, 6.45) is 0. The van der Waals surface area contributed by atoms with Gasteiger partial charge >= 0.3 is 0 Å². The highest BCUT2D eigenvalue weighted by Crippen LogP contribution is 2.26. The number of hydrogen-bond donors (Lipinski definition) is 2. The lowest BCUT2D eigenvalue weighted by Crippen LogP contribution is -2.43. The second kappa shape index (κ2) is 8.32. The first-order valence-corrected chi connectivity index (χ1v) is 7.54. The number of carbonyl (C=O) groups excluding carboxylic acids is 2. The molecule has 0 atom stereocenters. The Hall–Kier alpha value is -2.84. The van der Waals surface area contributed by atoms with Crippen LogP contribution in [0.3, 0.4) is 0 Å². The lowest BCUT2D eigenvalue weighted by Gasteiger charge is -2.09. The first kappa shape index (κ1) is 18.5. The number of hydrogen-bond acceptors (Lipinski definition) is 5. The zero-order chi connectivity index (χ0) is 18.4. The number of nitrogens with zero attached hydrogens (tertiary/aromatic N) is 1. The summed E-state index contributed by atoms with van der Waals surface area (Å²) in [7, 11) is 0. The molecule has 0 aliphatic rings. The Morgan fingerprint density at radius 3 is 2.52 bits per heavy atom. The summed E-state index contributed by atoms with van der Waals surface area (Å²) in [5, 5.41) is 11.3. The van der Waals surface area contributed by atoms with Gasteiger partial charge in [0.2, 0.25) is 0 Å². The maximum atomic E-state index is 11.9. The predicted molar refractivity (Wildman–Crippen MR) is 90.7 cm³/mol. The molecule has 0 spiro atoms. The lowest BCUT2D eigenvalue weighted by atomic mass is 10.2. The van der Waals surface area contributed by atoms with Gasteiger partial charge in [0.25, 0.3) is 17.5 Å². The van der Waals surface area contributed by atoms with Crippen molar-refractivity contribution in [2.75, 3.05) is 6.61 Å². The highest BCUT2D eigenvalue weighted by molar-refractivity contribution is 6.42.